The summed E-state index contributed by atoms with van der Waals surface area (Å²) in [5.74, 6) is 1.11. The maximum Gasteiger partial charge on any atom is 0.239 e. The zero-order valence-electron chi connectivity index (χ0n) is 10.9. The average Bonchev–Trinajstić information content (AvgIpc) is 2.35. The molecule has 0 aromatic carbocycles. The minimum absolute atomic E-state index is 0.151. The standard InChI is InChI=1S/C13H21NO3S/c1-2-10-3-5-13(17,6-4-10)9-14-11(15)7-18-8-12(14)16/h10,17H,2-9H2,1H3. The van der Waals surface area contributed by atoms with E-state index in [4.69, 9.17) is 0 Å². The van der Waals surface area contributed by atoms with Crippen molar-refractivity contribution in [2.75, 3.05) is 18.1 Å². The van der Waals surface area contributed by atoms with E-state index in [0.29, 0.717) is 30.3 Å². The van der Waals surface area contributed by atoms with Gasteiger partial charge in [-0.2, -0.15) is 0 Å². The van der Waals surface area contributed by atoms with Crippen LogP contribution in [0.25, 0.3) is 0 Å². The van der Waals surface area contributed by atoms with E-state index in [0.717, 1.165) is 19.3 Å². The fourth-order valence-corrected chi connectivity index (χ4v) is 3.54. The molecule has 0 radical (unpaired) electrons. The first-order valence-corrected chi connectivity index (χ1v) is 7.83. The Morgan fingerprint density at radius 3 is 2.33 bits per heavy atom. The second-order valence-corrected chi connectivity index (χ2v) is 6.43. The lowest BCUT2D eigenvalue weighted by molar-refractivity contribution is -0.147. The molecular weight excluding hydrogens is 250 g/mol. The molecule has 1 aliphatic carbocycles. The van der Waals surface area contributed by atoms with Crippen molar-refractivity contribution < 1.29 is 14.7 Å². The van der Waals surface area contributed by atoms with E-state index >= 15 is 0 Å². The van der Waals surface area contributed by atoms with Crippen molar-refractivity contribution in [1.29, 1.82) is 0 Å². The third kappa shape index (κ3) is 3.06. The normalized spacial score (nSPS) is 33.9. The van der Waals surface area contributed by atoms with Crippen LogP contribution >= 0.6 is 11.8 Å². The fraction of sp³-hybridized carbons (Fsp3) is 0.846. The molecule has 2 amide bonds. The van der Waals surface area contributed by atoms with E-state index < -0.39 is 5.60 Å². The number of carbonyl (C=O) groups excluding carboxylic acids is 2. The maximum atomic E-state index is 11.7. The Morgan fingerprint density at radius 2 is 1.83 bits per heavy atom. The molecule has 1 heterocycles. The van der Waals surface area contributed by atoms with Crippen molar-refractivity contribution >= 4 is 23.6 Å². The second kappa shape index (κ2) is 5.61. The summed E-state index contributed by atoms with van der Waals surface area (Å²) < 4.78 is 0. The lowest BCUT2D eigenvalue weighted by Gasteiger charge is -2.39. The lowest BCUT2D eigenvalue weighted by atomic mass is 9.77. The number of amides is 2. The Hall–Kier alpha value is -0.550. The van der Waals surface area contributed by atoms with Gasteiger partial charge in [0.1, 0.15) is 0 Å². The lowest BCUT2D eigenvalue weighted by Crippen LogP contribution is -2.52. The van der Waals surface area contributed by atoms with Crippen molar-refractivity contribution in [2.45, 2.75) is 44.6 Å². The van der Waals surface area contributed by atoms with Gasteiger partial charge in [-0.05, 0) is 31.6 Å². The molecule has 0 aromatic rings. The predicted molar refractivity (Wildman–Crippen MR) is 71.2 cm³/mol. The summed E-state index contributed by atoms with van der Waals surface area (Å²) in [4.78, 5) is 24.7. The summed E-state index contributed by atoms with van der Waals surface area (Å²) in [5.41, 5.74) is -0.848. The van der Waals surface area contributed by atoms with Crippen LogP contribution in [0.4, 0.5) is 0 Å². The van der Waals surface area contributed by atoms with Gasteiger partial charge in [-0.1, -0.05) is 13.3 Å². The van der Waals surface area contributed by atoms with E-state index in [1.165, 1.54) is 16.7 Å². The average molecular weight is 271 g/mol. The largest absolute Gasteiger partial charge is 0.388 e. The number of hydrogen-bond donors (Lipinski definition) is 1. The van der Waals surface area contributed by atoms with Gasteiger partial charge in [0.15, 0.2) is 0 Å². The van der Waals surface area contributed by atoms with Gasteiger partial charge in [0.25, 0.3) is 0 Å². The molecule has 1 saturated carbocycles. The number of β-amino-alcohol motifs (C(OH)–C–C–N with tert-alkyl or cyclic N) is 1. The molecule has 0 spiro atoms. The monoisotopic (exact) mass is 271 g/mol. The second-order valence-electron chi connectivity index (χ2n) is 5.44. The Morgan fingerprint density at radius 1 is 1.28 bits per heavy atom. The number of thioether (sulfide) groups is 1. The predicted octanol–water partition coefficient (Wildman–Crippen LogP) is 1.42. The van der Waals surface area contributed by atoms with E-state index in [1.807, 2.05) is 0 Å². The highest BCUT2D eigenvalue weighted by atomic mass is 32.2. The van der Waals surface area contributed by atoms with Crippen LogP contribution in [-0.2, 0) is 9.59 Å². The molecule has 1 N–H and O–H groups in total. The van der Waals surface area contributed by atoms with Crippen molar-refractivity contribution in [2.24, 2.45) is 5.92 Å². The van der Waals surface area contributed by atoms with Gasteiger partial charge in [-0.15, -0.1) is 11.8 Å². The highest BCUT2D eigenvalue weighted by Crippen LogP contribution is 2.34. The molecule has 0 atom stereocenters. The molecule has 0 bridgehead atoms. The van der Waals surface area contributed by atoms with E-state index in [9.17, 15) is 14.7 Å². The smallest absolute Gasteiger partial charge is 0.239 e. The van der Waals surface area contributed by atoms with Crippen molar-refractivity contribution in [3.05, 3.63) is 0 Å². The van der Waals surface area contributed by atoms with Crippen LogP contribution in [0.2, 0.25) is 0 Å². The van der Waals surface area contributed by atoms with Gasteiger partial charge in [-0.25, -0.2) is 0 Å². The molecule has 0 unspecified atom stereocenters. The summed E-state index contributed by atoms with van der Waals surface area (Å²) in [6.07, 6.45) is 4.55. The Kier molecular flexibility index (Phi) is 4.33. The quantitative estimate of drug-likeness (QED) is 0.789. The number of carbonyl (C=O) groups is 2. The van der Waals surface area contributed by atoms with Gasteiger partial charge >= 0.3 is 0 Å². The fourth-order valence-electron chi connectivity index (χ4n) is 2.77. The summed E-state index contributed by atoms with van der Waals surface area (Å²) in [5, 5.41) is 10.5. The molecule has 2 fully saturated rings. The maximum absolute atomic E-state index is 11.7. The SMILES string of the molecule is CCC1CCC(O)(CN2C(=O)CSCC2=O)CC1. The van der Waals surface area contributed by atoms with E-state index in [2.05, 4.69) is 6.92 Å². The number of rotatable bonds is 3. The first-order valence-electron chi connectivity index (χ1n) is 6.67. The van der Waals surface area contributed by atoms with Crippen LogP contribution < -0.4 is 0 Å². The molecule has 18 heavy (non-hydrogen) atoms. The molecule has 2 aliphatic rings. The molecule has 4 nitrogen and oxygen atoms in total. The zero-order chi connectivity index (χ0) is 13.2. The molecule has 1 aliphatic heterocycles. The highest BCUT2D eigenvalue weighted by molar-refractivity contribution is 8.00. The number of imide groups is 1. The molecular formula is C13H21NO3S. The van der Waals surface area contributed by atoms with Crippen LogP contribution in [0.3, 0.4) is 0 Å². The van der Waals surface area contributed by atoms with Crippen molar-refractivity contribution in [1.82, 2.24) is 4.90 Å². The van der Waals surface area contributed by atoms with Crippen LogP contribution in [-0.4, -0.2) is 45.5 Å². The summed E-state index contributed by atoms with van der Waals surface area (Å²) in [6.45, 7) is 2.37. The Balaban J connectivity index is 1.95. The number of hydrogen-bond acceptors (Lipinski definition) is 4. The van der Waals surface area contributed by atoms with Gasteiger partial charge < -0.3 is 5.11 Å². The molecule has 2 rings (SSSR count). The molecule has 102 valence electrons. The summed E-state index contributed by atoms with van der Waals surface area (Å²) in [7, 11) is 0. The number of nitrogens with zero attached hydrogens (tertiary/aromatic N) is 1. The van der Waals surface area contributed by atoms with Gasteiger partial charge in [0.2, 0.25) is 11.8 Å². The summed E-state index contributed by atoms with van der Waals surface area (Å²) in [6, 6.07) is 0. The first-order chi connectivity index (χ1) is 8.54. The summed E-state index contributed by atoms with van der Waals surface area (Å²) >= 11 is 1.36. The van der Waals surface area contributed by atoms with Gasteiger partial charge in [0.05, 0.1) is 23.7 Å². The van der Waals surface area contributed by atoms with Crippen molar-refractivity contribution in [3.8, 4) is 0 Å². The molecule has 0 aromatic heterocycles. The molecule has 1 saturated heterocycles. The first kappa shape index (κ1) is 13.9. The highest BCUT2D eigenvalue weighted by Gasteiger charge is 2.38. The minimum atomic E-state index is -0.848. The number of aliphatic hydroxyl groups is 1. The minimum Gasteiger partial charge on any atom is -0.388 e. The van der Waals surface area contributed by atoms with Crippen LogP contribution in [0.5, 0.6) is 0 Å². The van der Waals surface area contributed by atoms with Crippen LogP contribution in [0.1, 0.15) is 39.0 Å². The third-order valence-electron chi connectivity index (χ3n) is 4.12. The van der Waals surface area contributed by atoms with E-state index in [1.54, 1.807) is 0 Å². The topological polar surface area (TPSA) is 57.6 Å². The third-order valence-corrected chi connectivity index (χ3v) is 5.02. The molecule has 5 heteroatoms. The van der Waals surface area contributed by atoms with Gasteiger partial charge in [-0.3, -0.25) is 14.5 Å². The van der Waals surface area contributed by atoms with E-state index in [-0.39, 0.29) is 18.4 Å². The van der Waals surface area contributed by atoms with Crippen LogP contribution in [0, 0.1) is 5.92 Å². The Bertz CT molecular complexity index is 321. The zero-order valence-corrected chi connectivity index (χ0v) is 11.7. The van der Waals surface area contributed by atoms with Crippen LogP contribution in [0.15, 0.2) is 0 Å². The van der Waals surface area contributed by atoms with Gasteiger partial charge in [0, 0.05) is 0 Å². The Labute approximate surface area is 112 Å². The van der Waals surface area contributed by atoms with Crippen molar-refractivity contribution in [3.63, 3.8) is 0 Å².